The van der Waals surface area contributed by atoms with Gasteiger partial charge in [-0.3, -0.25) is 0 Å². The highest BCUT2D eigenvalue weighted by atomic mass is 15.0. The van der Waals surface area contributed by atoms with Crippen molar-refractivity contribution < 1.29 is 0 Å². The second-order valence-corrected chi connectivity index (χ2v) is 6.99. The summed E-state index contributed by atoms with van der Waals surface area (Å²) in [7, 11) is 1.92. The van der Waals surface area contributed by atoms with Gasteiger partial charge in [0, 0.05) is 34.8 Å². The number of hydrogen-bond acceptors (Lipinski definition) is 2. The van der Waals surface area contributed by atoms with Crippen LogP contribution in [-0.4, -0.2) is 12.6 Å². The van der Waals surface area contributed by atoms with E-state index in [0.29, 0.717) is 0 Å². The van der Waals surface area contributed by atoms with E-state index >= 15 is 0 Å². The van der Waals surface area contributed by atoms with E-state index in [1.165, 1.54) is 0 Å². The molecule has 0 heterocycles. The summed E-state index contributed by atoms with van der Waals surface area (Å²) in [4.78, 5) is 0. The predicted molar refractivity (Wildman–Crippen MR) is 91.5 cm³/mol. The third kappa shape index (κ3) is 3.68. The number of rotatable bonds is 9. The molecule has 116 valence electrons. The van der Waals surface area contributed by atoms with Gasteiger partial charge in [0.05, 0.1) is 0 Å². The first kappa shape index (κ1) is 18.8. The number of allylic oxidation sites excluding steroid dienone is 2. The average molecular weight is 278 g/mol. The molecular weight excluding hydrogens is 244 g/mol. The van der Waals surface area contributed by atoms with Gasteiger partial charge in [-0.15, -0.1) is 6.58 Å². The minimum Gasteiger partial charge on any atom is -0.391 e. The van der Waals surface area contributed by atoms with Crippen LogP contribution in [0.4, 0.5) is 0 Å². The maximum absolute atomic E-state index is 4.29. The molecule has 0 aromatic rings. The molecule has 0 saturated carbocycles. The highest BCUT2D eigenvalue weighted by molar-refractivity contribution is 5.19. The minimum atomic E-state index is -0.151. The maximum Gasteiger partial charge on any atom is 0.0419 e. The van der Waals surface area contributed by atoms with Gasteiger partial charge in [0.2, 0.25) is 0 Å². The maximum atomic E-state index is 4.29. The molecule has 0 aliphatic rings. The Hall–Kier alpha value is -1.18. The molecule has 0 aliphatic heterocycles. The van der Waals surface area contributed by atoms with Gasteiger partial charge < -0.3 is 10.6 Å². The Morgan fingerprint density at radius 3 is 1.90 bits per heavy atom. The lowest BCUT2D eigenvalue weighted by Crippen LogP contribution is -2.54. The normalized spacial score (nSPS) is 15.2. The molecule has 0 amide bonds. The molecule has 2 heteroatoms. The molecule has 0 radical (unpaired) electrons. The quantitative estimate of drug-likeness (QED) is 0.601. The van der Waals surface area contributed by atoms with Gasteiger partial charge in [-0.1, -0.05) is 46.9 Å². The van der Waals surface area contributed by atoms with Crippen molar-refractivity contribution in [3.8, 4) is 0 Å². The molecule has 20 heavy (non-hydrogen) atoms. The Labute approximate surface area is 126 Å². The van der Waals surface area contributed by atoms with Crippen LogP contribution in [0.5, 0.6) is 0 Å². The Balaban J connectivity index is 5.23. The molecule has 0 rings (SSSR count). The van der Waals surface area contributed by atoms with Gasteiger partial charge in [-0.05, 0) is 26.7 Å². The van der Waals surface area contributed by atoms with Crippen LogP contribution in [0.25, 0.3) is 0 Å². The first-order valence-electron chi connectivity index (χ1n) is 7.44. The lowest BCUT2D eigenvalue weighted by atomic mass is 9.71. The first-order chi connectivity index (χ1) is 8.98. The van der Waals surface area contributed by atoms with E-state index in [2.05, 4.69) is 71.9 Å². The lowest BCUT2D eigenvalue weighted by molar-refractivity contribution is 0.185. The van der Waals surface area contributed by atoms with E-state index in [4.69, 9.17) is 0 Å². The summed E-state index contributed by atoms with van der Waals surface area (Å²) in [5.74, 6) is 0. The lowest BCUT2D eigenvalue weighted by Gasteiger charge is -2.47. The summed E-state index contributed by atoms with van der Waals surface area (Å²) >= 11 is 0. The Bertz CT molecular complexity index is 377. The minimum absolute atomic E-state index is 0.0378. The van der Waals surface area contributed by atoms with Crippen LogP contribution in [0.1, 0.15) is 54.4 Å². The second kappa shape index (κ2) is 6.51. The monoisotopic (exact) mass is 278 g/mol. The average Bonchev–Trinajstić information content (AvgIpc) is 2.36. The molecule has 0 saturated heterocycles. The van der Waals surface area contributed by atoms with Crippen molar-refractivity contribution in [3.63, 3.8) is 0 Å². The van der Waals surface area contributed by atoms with E-state index < -0.39 is 0 Å². The number of hydrogen-bond donors (Lipinski definition) is 2. The zero-order chi connectivity index (χ0) is 16.2. The Kier molecular flexibility index (Phi) is 6.13. The molecule has 1 atom stereocenters. The van der Waals surface area contributed by atoms with Crippen molar-refractivity contribution in [2.45, 2.75) is 59.9 Å². The summed E-state index contributed by atoms with van der Waals surface area (Å²) < 4.78 is 0. The fourth-order valence-corrected chi connectivity index (χ4v) is 2.17. The fraction of sp³-hybridized carbons (Fsp3) is 0.667. The van der Waals surface area contributed by atoms with Crippen molar-refractivity contribution in [3.05, 3.63) is 37.2 Å². The first-order valence-corrected chi connectivity index (χ1v) is 7.44. The Morgan fingerprint density at radius 2 is 1.55 bits per heavy atom. The summed E-state index contributed by atoms with van der Waals surface area (Å²) in [6, 6.07) is 0. The van der Waals surface area contributed by atoms with Crippen LogP contribution in [0.2, 0.25) is 0 Å². The van der Waals surface area contributed by atoms with Crippen LogP contribution in [0, 0.1) is 10.8 Å². The van der Waals surface area contributed by atoms with Gasteiger partial charge in [-0.25, -0.2) is 0 Å². The van der Waals surface area contributed by atoms with Crippen molar-refractivity contribution in [1.29, 1.82) is 0 Å². The zero-order valence-electron chi connectivity index (χ0n) is 14.6. The zero-order valence-corrected chi connectivity index (χ0v) is 14.6. The van der Waals surface area contributed by atoms with E-state index in [1.807, 2.05) is 13.1 Å². The molecule has 2 N–H and O–H groups in total. The van der Waals surface area contributed by atoms with E-state index in [1.54, 1.807) is 0 Å². The third-order valence-corrected chi connectivity index (χ3v) is 5.19. The van der Waals surface area contributed by atoms with Crippen molar-refractivity contribution in [2.24, 2.45) is 10.8 Å². The molecule has 0 bridgehead atoms. The van der Waals surface area contributed by atoms with E-state index in [-0.39, 0.29) is 16.4 Å². The van der Waals surface area contributed by atoms with Crippen LogP contribution in [-0.2, 0) is 0 Å². The fourth-order valence-electron chi connectivity index (χ4n) is 2.17. The molecule has 1 unspecified atom stereocenters. The molecule has 0 aliphatic carbocycles. The predicted octanol–water partition coefficient (Wildman–Crippen LogP) is 4.62. The van der Waals surface area contributed by atoms with Crippen molar-refractivity contribution in [2.75, 3.05) is 7.05 Å². The summed E-state index contributed by atoms with van der Waals surface area (Å²) in [6.07, 6.45) is 3.94. The molecule has 0 fully saturated rings. The van der Waals surface area contributed by atoms with Gasteiger partial charge in [-0.2, -0.15) is 0 Å². The largest absolute Gasteiger partial charge is 0.391 e. The van der Waals surface area contributed by atoms with Gasteiger partial charge in [0.15, 0.2) is 0 Å². The van der Waals surface area contributed by atoms with Gasteiger partial charge >= 0.3 is 0 Å². The number of nitrogens with one attached hydrogen (secondary N) is 2. The van der Waals surface area contributed by atoms with Crippen molar-refractivity contribution in [1.82, 2.24) is 10.6 Å². The van der Waals surface area contributed by atoms with Crippen LogP contribution in [0.15, 0.2) is 37.2 Å². The molecular formula is C18H34N2. The molecule has 2 nitrogen and oxygen atoms in total. The smallest absolute Gasteiger partial charge is 0.0419 e. The van der Waals surface area contributed by atoms with E-state index in [0.717, 1.165) is 24.2 Å². The molecule has 0 spiro atoms. The van der Waals surface area contributed by atoms with Crippen LogP contribution >= 0.6 is 0 Å². The van der Waals surface area contributed by atoms with Crippen molar-refractivity contribution >= 4 is 0 Å². The topological polar surface area (TPSA) is 24.1 Å². The molecule has 0 aromatic carbocycles. The van der Waals surface area contributed by atoms with E-state index in [9.17, 15) is 0 Å². The highest BCUT2D eigenvalue weighted by Crippen LogP contribution is 2.40. The van der Waals surface area contributed by atoms with Gasteiger partial charge in [0.25, 0.3) is 0 Å². The standard InChI is InChI=1S/C18H34N2/c1-11-13-18(9,12-2)15(4)20-17(7,8)16(5,6)14(3)19-10/h11,19-20H,1,3-4,12-13H2,2,5-10H3. The third-order valence-electron chi connectivity index (χ3n) is 5.19. The Morgan fingerprint density at radius 1 is 1.05 bits per heavy atom. The highest BCUT2D eigenvalue weighted by Gasteiger charge is 2.41. The SMILES string of the molecule is C=CCC(C)(CC)C(=C)NC(C)(C)C(C)(C)C(=C)NC. The summed E-state index contributed by atoms with van der Waals surface area (Å²) in [5, 5.41) is 6.83. The van der Waals surface area contributed by atoms with Crippen LogP contribution < -0.4 is 10.6 Å². The summed E-state index contributed by atoms with van der Waals surface area (Å²) in [5.41, 5.74) is 1.87. The van der Waals surface area contributed by atoms with Gasteiger partial charge in [0.1, 0.15) is 0 Å². The molecule has 0 aromatic heterocycles. The summed E-state index contributed by atoms with van der Waals surface area (Å²) in [6.45, 7) is 25.5. The van der Waals surface area contributed by atoms with Crippen LogP contribution in [0.3, 0.4) is 0 Å². The second-order valence-electron chi connectivity index (χ2n) is 6.99.